The average molecular weight is 269 g/mol. The van der Waals surface area contributed by atoms with Crippen LogP contribution in [0.15, 0.2) is 41.8 Å². The summed E-state index contributed by atoms with van der Waals surface area (Å²) in [6, 6.07) is 6.76. The number of likely N-dealkylation sites (N-methyl/N-ethyl adjacent to an activating group) is 1. The number of aliphatic hydroxyl groups excluding tert-OH is 1. The van der Waals surface area contributed by atoms with Crippen molar-refractivity contribution in [3.8, 4) is 0 Å². The fourth-order valence-electron chi connectivity index (χ4n) is 1.57. The van der Waals surface area contributed by atoms with Crippen molar-refractivity contribution in [2.45, 2.75) is 17.7 Å². The highest BCUT2D eigenvalue weighted by Crippen LogP contribution is 2.15. The van der Waals surface area contributed by atoms with E-state index in [0.717, 1.165) is 12.0 Å². The largest absolute Gasteiger partial charge is 0.396 e. The van der Waals surface area contributed by atoms with Crippen molar-refractivity contribution in [2.75, 3.05) is 20.2 Å². The van der Waals surface area contributed by atoms with Crippen molar-refractivity contribution in [3.63, 3.8) is 0 Å². The maximum atomic E-state index is 12.1. The number of benzene rings is 1. The smallest absolute Gasteiger partial charge is 0.243 e. The Morgan fingerprint density at radius 3 is 2.44 bits per heavy atom. The van der Waals surface area contributed by atoms with Crippen LogP contribution in [0, 0.1) is 0 Å². The number of sulfonamides is 1. The van der Waals surface area contributed by atoms with Crippen molar-refractivity contribution in [3.05, 3.63) is 42.5 Å². The molecule has 0 amide bonds. The van der Waals surface area contributed by atoms with Crippen molar-refractivity contribution in [2.24, 2.45) is 0 Å². The fourth-order valence-corrected chi connectivity index (χ4v) is 2.71. The van der Waals surface area contributed by atoms with E-state index >= 15 is 0 Å². The first-order valence-electron chi connectivity index (χ1n) is 5.79. The Labute approximate surface area is 109 Å². The lowest BCUT2D eigenvalue weighted by molar-refractivity contribution is 0.288. The Kier molecular flexibility index (Phi) is 5.53. The minimum absolute atomic E-state index is 0.141. The van der Waals surface area contributed by atoms with Gasteiger partial charge in [0.15, 0.2) is 0 Å². The van der Waals surface area contributed by atoms with E-state index in [2.05, 4.69) is 6.58 Å². The Morgan fingerprint density at radius 1 is 1.33 bits per heavy atom. The van der Waals surface area contributed by atoms with Crippen LogP contribution in [0.4, 0.5) is 0 Å². The van der Waals surface area contributed by atoms with Gasteiger partial charge < -0.3 is 5.11 Å². The second-order valence-electron chi connectivity index (χ2n) is 4.05. The molecule has 4 nitrogen and oxygen atoms in total. The zero-order chi connectivity index (χ0) is 13.6. The number of aliphatic hydroxyl groups is 1. The Morgan fingerprint density at radius 2 is 1.94 bits per heavy atom. The topological polar surface area (TPSA) is 57.6 Å². The lowest BCUT2D eigenvalue weighted by atomic mass is 10.1. The molecule has 18 heavy (non-hydrogen) atoms. The fraction of sp³-hybridized carbons (Fsp3) is 0.385. The molecular formula is C13H19NO3S. The van der Waals surface area contributed by atoms with Gasteiger partial charge in [-0.25, -0.2) is 8.42 Å². The van der Waals surface area contributed by atoms with Gasteiger partial charge in [-0.05, 0) is 30.5 Å². The van der Waals surface area contributed by atoms with Crippen LogP contribution in [-0.4, -0.2) is 38.0 Å². The molecule has 0 aliphatic carbocycles. The van der Waals surface area contributed by atoms with Gasteiger partial charge in [-0.2, -0.15) is 4.31 Å². The summed E-state index contributed by atoms with van der Waals surface area (Å²) in [6.45, 7) is 3.95. The molecule has 0 bridgehead atoms. The predicted octanol–water partition coefficient (Wildman–Crippen LogP) is 1.42. The minimum Gasteiger partial charge on any atom is -0.396 e. The molecule has 0 radical (unpaired) electrons. The van der Waals surface area contributed by atoms with Crippen LogP contribution in [0.5, 0.6) is 0 Å². The van der Waals surface area contributed by atoms with Gasteiger partial charge in [-0.1, -0.05) is 18.2 Å². The molecule has 5 heteroatoms. The summed E-state index contributed by atoms with van der Waals surface area (Å²) >= 11 is 0. The first kappa shape index (κ1) is 14.9. The molecule has 1 aromatic rings. The molecule has 100 valence electrons. The first-order chi connectivity index (χ1) is 8.52. The van der Waals surface area contributed by atoms with E-state index in [0.29, 0.717) is 6.42 Å². The lowest BCUT2D eigenvalue weighted by Crippen LogP contribution is -2.26. The summed E-state index contributed by atoms with van der Waals surface area (Å²) in [5.74, 6) is 0. The Balaban J connectivity index is 2.87. The summed E-state index contributed by atoms with van der Waals surface area (Å²) in [7, 11) is -1.90. The summed E-state index contributed by atoms with van der Waals surface area (Å²) in [4.78, 5) is 0.277. The maximum absolute atomic E-state index is 12.1. The number of hydrogen-bond donors (Lipinski definition) is 1. The molecule has 0 heterocycles. The van der Waals surface area contributed by atoms with E-state index in [-0.39, 0.29) is 18.0 Å². The van der Waals surface area contributed by atoms with Gasteiger partial charge in [-0.15, -0.1) is 6.58 Å². The van der Waals surface area contributed by atoms with Crippen LogP contribution in [0.1, 0.15) is 12.0 Å². The van der Waals surface area contributed by atoms with Crippen LogP contribution in [0.25, 0.3) is 0 Å². The van der Waals surface area contributed by atoms with Gasteiger partial charge >= 0.3 is 0 Å². The number of rotatable bonds is 7. The van der Waals surface area contributed by atoms with Gasteiger partial charge in [-0.3, -0.25) is 0 Å². The van der Waals surface area contributed by atoms with Crippen LogP contribution in [0.3, 0.4) is 0 Å². The average Bonchev–Trinajstić information content (AvgIpc) is 2.37. The SMILES string of the molecule is C=CCN(C)S(=O)(=O)c1ccc(CCCO)cc1. The van der Waals surface area contributed by atoms with E-state index < -0.39 is 10.0 Å². The molecule has 0 saturated heterocycles. The molecule has 0 aliphatic heterocycles. The van der Waals surface area contributed by atoms with E-state index in [4.69, 9.17) is 5.11 Å². The van der Waals surface area contributed by atoms with E-state index in [1.54, 1.807) is 30.3 Å². The zero-order valence-corrected chi connectivity index (χ0v) is 11.4. The van der Waals surface area contributed by atoms with Crippen LogP contribution in [0.2, 0.25) is 0 Å². The monoisotopic (exact) mass is 269 g/mol. The molecule has 0 saturated carbocycles. The van der Waals surface area contributed by atoms with Crippen molar-refractivity contribution >= 4 is 10.0 Å². The van der Waals surface area contributed by atoms with E-state index in [9.17, 15) is 8.42 Å². The third kappa shape index (κ3) is 3.66. The molecule has 1 rings (SSSR count). The number of aryl methyl sites for hydroxylation is 1. The normalized spacial score (nSPS) is 11.7. The predicted molar refractivity (Wildman–Crippen MR) is 71.9 cm³/mol. The molecular weight excluding hydrogens is 250 g/mol. The minimum atomic E-state index is -3.43. The molecule has 0 spiro atoms. The zero-order valence-electron chi connectivity index (χ0n) is 10.5. The molecule has 1 aromatic carbocycles. The Bertz CT molecular complexity index is 479. The van der Waals surface area contributed by atoms with Gasteiger partial charge in [0, 0.05) is 20.2 Å². The third-order valence-corrected chi connectivity index (χ3v) is 4.48. The second kappa shape index (κ2) is 6.68. The van der Waals surface area contributed by atoms with Gasteiger partial charge in [0.2, 0.25) is 10.0 Å². The summed E-state index contributed by atoms with van der Waals surface area (Å²) in [5, 5.41) is 8.73. The Hall–Kier alpha value is -1.17. The number of hydrogen-bond acceptors (Lipinski definition) is 3. The molecule has 0 aliphatic rings. The maximum Gasteiger partial charge on any atom is 0.243 e. The molecule has 0 aromatic heterocycles. The van der Waals surface area contributed by atoms with Crippen molar-refractivity contribution in [1.29, 1.82) is 0 Å². The summed E-state index contributed by atoms with van der Waals surface area (Å²) in [6.07, 6.45) is 2.98. The highest BCUT2D eigenvalue weighted by atomic mass is 32.2. The standard InChI is InChI=1S/C13H19NO3S/c1-3-10-14(2)18(16,17)13-8-6-12(7-9-13)5-4-11-15/h3,6-9,15H,1,4-5,10-11H2,2H3. The second-order valence-corrected chi connectivity index (χ2v) is 6.09. The van der Waals surface area contributed by atoms with Crippen LogP contribution in [-0.2, 0) is 16.4 Å². The van der Waals surface area contributed by atoms with E-state index in [1.807, 2.05) is 0 Å². The van der Waals surface area contributed by atoms with Crippen molar-refractivity contribution < 1.29 is 13.5 Å². The first-order valence-corrected chi connectivity index (χ1v) is 7.23. The molecule has 0 fully saturated rings. The lowest BCUT2D eigenvalue weighted by Gasteiger charge is -2.15. The van der Waals surface area contributed by atoms with Gasteiger partial charge in [0.05, 0.1) is 4.90 Å². The highest BCUT2D eigenvalue weighted by Gasteiger charge is 2.18. The molecule has 0 atom stereocenters. The van der Waals surface area contributed by atoms with Gasteiger partial charge in [0.1, 0.15) is 0 Å². The third-order valence-electron chi connectivity index (χ3n) is 2.64. The summed E-state index contributed by atoms with van der Waals surface area (Å²) < 4.78 is 25.4. The van der Waals surface area contributed by atoms with Gasteiger partial charge in [0.25, 0.3) is 0 Å². The molecule has 1 N–H and O–H groups in total. The molecule has 0 unspecified atom stereocenters. The quantitative estimate of drug-likeness (QED) is 0.762. The number of nitrogens with zero attached hydrogens (tertiary/aromatic N) is 1. The summed E-state index contributed by atoms with van der Waals surface area (Å²) in [5.41, 5.74) is 1.02. The van der Waals surface area contributed by atoms with Crippen LogP contribution < -0.4 is 0 Å². The van der Waals surface area contributed by atoms with Crippen LogP contribution >= 0.6 is 0 Å². The van der Waals surface area contributed by atoms with E-state index in [1.165, 1.54) is 11.4 Å². The van der Waals surface area contributed by atoms with Crippen molar-refractivity contribution in [1.82, 2.24) is 4.31 Å². The highest BCUT2D eigenvalue weighted by molar-refractivity contribution is 7.89.